The van der Waals surface area contributed by atoms with E-state index >= 15 is 0 Å². The summed E-state index contributed by atoms with van der Waals surface area (Å²) < 4.78 is 2.57. The first-order valence-electron chi connectivity index (χ1n) is 4.91. The molecule has 2 rings (SSSR count). The number of rotatable bonds is 2. The van der Waals surface area contributed by atoms with E-state index in [1.54, 1.807) is 4.68 Å². The first-order valence-corrected chi connectivity index (χ1v) is 5.70. The molecule has 0 saturated carbocycles. The molecule has 0 amide bonds. The molecule has 0 fully saturated rings. The normalized spacial score (nSPS) is 10.4. The molecule has 0 spiro atoms. The molecule has 0 unspecified atom stereocenters. The highest BCUT2D eigenvalue weighted by Crippen LogP contribution is 2.22. The highest BCUT2D eigenvalue weighted by Gasteiger charge is 2.10. The van der Waals surface area contributed by atoms with E-state index in [-0.39, 0.29) is 0 Å². The van der Waals surface area contributed by atoms with Gasteiger partial charge in [-0.05, 0) is 48.0 Å². The standard InChI is InChI=1S/C12H11BrN2O/c1-8-6-9(2)15(14-8)12-5-3-4-11(13)10(12)7-16/h3-7H,1-2H3. The van der Waals surface area contributed by atoms with Gasteiger partial charge in [0.2, 0.25) is 0 Å². The van der Waals surface area contributed by atoms with Gasteiger partial charge >= 0.3 is 0 Å². The van der Waals surface area contributed by atoms with Crippen molar-refractivity contribution in [2.24, 2.45) is 0 Å². The van der Waals surface area contributed by atoms with Crippen molar-refractivity contribution in [3.8, 4) is 5.69 Å². The molecule has 0 N–H and O–H groups in total. The summed E-state index contributed by atoms with van der Waals surface area (Å²) in [6.45, 7) is 3.90. The van der Waals surface area contributed by atoms with Crippen LogP contribution < -0.4 is 0 Å². The van der Waals surface area contributed by atoms with Gasteiger partial charge in [0.15, 0.2) is 6.29 Å². The molecule has 1 aromatic carbocycles. The van der Waals surface area contributed by atoms with Crippen LogP contribution in [0.25, 0.3) is 5.69 Å². The topological polar surface area (TPSA) is 34.9 Å². The summed E-state index contributed by atoms with van der Waals surface area (Å²) in [5.41, 5.74) is 3.37. The van der Waals surface area contributed by atoms with E-state index in [0.717, 1.165) is 27.8 Å². The van der Waals surface area contributed by atoms with Crippen molar-refractivity contribution in [2.45, 2.75) is 13.8 Å². The van der Waals surface area contributed by atoms with Crippen LogP contribution in [-0.4, -0.2) is 16.1 Å². The fourth-order valence-electron chi connectivity index (χ4n) is 1.70. The molecule has 0 aliphatic rings. The molecule has 1 aromatic heterocycles. The minimum absolute atomic E-state index is 0.619. The van der Waals surface area contributed by atoms with Crippen LogP contribution in [0.4, 0.5) is 0 Å². The Labute approximate surface area is 102 Å². The Bertz CT molecular complexity index is 546. The summed E-state index contributed by atoms with van der Waals surface area (Å²) in [6.07, 6.45) is 0.843. The lowest BCUT2D eigenvalue weighted by molar-refractivity contribution is 0.112. The maximum absolute atomic E-state index is 11.1. The lowest BCUT2D eigenvalue weighted by Gasteiger charge is -2.08. The zero-order valence-electron chi connectivity index (χ0n) is 9.07. The molecular weight excluding hydrogens is 268 g/mol. The van der Waals surface area contributed by atoms with Crippen LogP contribution in [-0.2, 0) is 0 Å². The monoisotopic (exact) mass is 278 g/mol. The third-order valence-corrected chi connectivity index (χ3v) is 3.08. The van der Waals surface area contributed by atoms with Gasteiger partial charge in [-0.1, -0.05) is 6.07 Å². The van der Waals surface area contributed by atoms with E-state index in [4.69, 9.17) is 0 Å². The molecule has 4 heteroatoms. The van der Waals surface area contributed by atoms with Crippen LogP contribution >= 0.6 is 15.9 Å². The minimum atomic E-state index is 0.619. The van der Waals surface area contributed by atoms with E-state index in [1.807, 2.05) is 38.1 Å². The number of carbonyl (C=O) groups is 1. The number of benzene rings is 1. The van der Waals surface area contributed by atoms with E-state index < -0.39 is 0 Å². The van der Waals surface area contributed by atoms with E-state index in [2.05, 4.69) is 21.0 Å². The summed E-state index contributed by atoms with van der Waals surface area (Å²) >= 11 is 3.36. The minimum Gasteiger partial charge on any atom is -0.298 e. The third-order valence-electron chi connectivity index (χ3n) is 2.39. The van der Waals surface area contributed by atoms with Gasteiger partial charge in [-0.15, -0.1) is 0 Å². The highest BCUT2D eigenvalue weighted by molar-refractivity contribution is 9.10. The molecule has 0 bridgehead atoms. The van der Waals surface area contributed by atoms with Crippen LogP contribution in [0.1, 0.15) is 21.7 Å². The van der Waals surface area contributed by atoms with Gasteiger partial charge in [-0.3, -0.25) is 4.79 Å². The first kappa shape index (κ1) is 11.1. The Morgan fingerprint density at radius 1 is 1.38 bits per heavy atom. The second-order valence-corrected chi connectivity index (χ2v) is 4.48. The Kier molecular flexibility index (Phi) is 2.92. The van der Waals surface area contributed by atoms with Crippen molar-refractivity contribution >= 4 is 22.2 Å². The Hall–Kier alpha value is -1.42. The Morgan fingerprint density at radius 3 is 2.69 bits per heavy atom. The average Bonchev–Trinajstić information content (AvgIpc) is 2.57. The van der Waals surface area contributed by atoms with Crippen molar-refractivity contribution in [1.82, 2.24) is 9.78 Å². The van der Waals surface area contributed by atoms with Crippen LogP contribution in [0.5, 0.6) is 0 Å². The maximum Gasteiger partial charge on any atom is 0.153 e. The predicted octanol–water partition coefficient (Wildman–Crippen LogP) is 3.06. The highest BCUT2D eigenvalue weighted by atomic mass is 79.9. The number of carbonyl (C=O) groups excluding carboxylic acids is 1. The summed E-state index contributed by atoms with van der Waals surface area (Å²) in [6, 6.07) is 7.60. The molecule has 0 saturated heterocycles. The molecule has 0 radical (unpaired) electrons. The first-order chi connectivity index (χ1) is 7.63. The lowest BCUT2D eigenvalue weighted by Crippen LogP contribution is -2.03. The Balaban J connectivity index is 2.68. The van der Waals surface area contributed by atoms with Gasteiger partial charge in [0.1, 0.15) is 0 Å². The van der Waals surface area contributed by atoms with Gasteiger partial charge in [-0.2, -0.15) is 5.10 Å². The van der Waals surface area contributed by atoms with Crippen molar-refractivity contribution in [1.29, 1.82) is 0 Å². The molecule has 3 nitrogen and oxygen atoms in total. The second-order valence-electron chi connectivity index (χ2n) is 3.63. The summed E-state index contributed by atoms with van der Waals surface area (Å²) in [4.78, 5) is 11.1. The van der Waals surface area contributed by atoms with Crippen LogP contribution in [0.15, 0.2) is 28.7 Å². The van der Waals surface area contributed by atoms with Crippen LogP contribution in [0.2, 0.25) is 0 Å². The van der Waals surface area contributed by atoms with Crippen LogP contribution in [0, 0.1) is 13.8 Å². The zero-order valence-corrected chi connectivity index (χ0v) is 10.7. The molecule has 82 valence electrons. The second kappa shape index (κ2) is 4.22. The Morgan fingerprint density at radius 2 is 2.12 bits per heavy atom. The zero-order chi connectivity index (χ0) is 11.7. The number of hydrogen-bond donors (Lipinski definition) is 0. The van der Waals surface area contributed by atoms with Crippen LogP contribution in [0.3, 0.4) is 0 Å². The predicted molar refractivity (Wildman–Crippen MR) is 66.1 cm³/mol. The van der Waals surface area contributed by atoms with Gasteiger partial charge in [0.25, 0.3) is 0 Å². The number of nitrogens with zero attached hydrogens (tertiary/aromatic N) is 2. The fourth-order valence-corrected chi connectivity index (χ4v) is 2.15. The summed E-state index contributed by atoms with van der Waals surface area (Å²) in [7, 11) is 0. The molecule has 16 heavy (non-hydrogen) atoms. The van der Waals surface area contributed by atoms with Crippen molar-refractivity contribution in [3.05, 3.63) is 45.7 Å². The third kappa shape index (κ3) is 1.80. The molecular formula is C12H11BrN2O. The molecule has 0 aliphatic heterocycles. The molecule has 2 aromatic rings. The number of hydrogen-bond acceptors (Lipinski definition) is 2. The number of halogens is 1. The summed E-state index contributed by atoms with van der Waals surface area (Å²) in [5, 5.41) is 4.37. The number of aryl methyl sites for hydroxylation is 2. The fraction of sp³-hybridized carbons (Fsp3) is 0.167. The smallest absolute Gasteiger partial charge is 0.153 e. The summed E-state index contributed by atoms with van der Waals surface area (Å²) in [5.74, 6) is 0. The quantitative estimate of drug-likeness (QED) is 0.792. The molecule has 1 heterocycles. The van der Waals surface area contributed by atoms with Gasteiger partial charge in [0.05, 0.1) is 16.9 Å². The van der Waals surface area contributed by atoms with E-state index in [0.29, 0.717) is 5.56 Å². The van der Waals surface area contributed by atoms with Crippen molar-refractivity contribution in [2.75, 3.05) is 0 Å². The number of aldehydes is 1. The molecule has 0 aliphatic carbocycles. The molecule has 0 atom stereocenters. The largest absolute Gasteiger partial charge is 0.298 e. The van der Waals surface area contributed by atoms with Gasteiger partial charge in [-0.25, -0.2) is 4.68 Å². The van der Waals surface area contributed by atoms with E-state index in [1.165, 1.54) is 0 Å². The van der Waals surface area contributed by atoms with Gasteiger partial charge < -0.3 is 0 Å². The van der Waals surface area contributed by atoms with Crippen molar-refractivity contribution < 1.29 is 4.79 Å². The van der Waals surface area contributed by atoms with Gasteiger partial charge in [0, 0.05) is 10.2 Å². The maximum atomic E-state index is 11.1. The van der Waals surface area contributed by atoms with E-state index in [9.17, 15) is 4.79 Å². The SMILES string of the molecule is Cc1cc(C)n(-c2cccc(Br)c2C=O)n1. The average molecular weight is 279 g/mol. The number of aromatic nitrogens is 2. The van der Waals surface area contributed by atoms with Crippen molar-refractivity contribution in [3.63, 3.8) is 0 Å². The lowest BCUT2D eigenvalue weighted by atomic mass is 10.2.